The Morgan fingerprint density at radius 1 is 1.38 bits per heavy atom. The molecule has 21 heavy (non-hydrogen) atoms. The highest BCUT2D eigenvalue weighted by Crippen LogP contribution is 2.26. The molecule has 0 aliphatic rings. The fourth-order valence-corrected chi connectivity index (χ4v) is 3.32. The standard InChI is InChI=1S/C15H19N3O2S/c1-9-13(6-5-7-14(9)18(19)20)8-16-10(2)15-11(3)17-12(4)21-15/h5-7,10,16H,8H2,1-4H3. The van der Waals surface area contributed by atoms with Gasteiger partial charge in [-0.3, -0.25) is 10.1 Å². The molecule has 0 radical (unpaired) electrons. The first-order valence-electron chi connectivity index (χ1n) is 6.80. The van der Waals surface area contributed by atoms with Crippen molar-refractivity contribution in [3.8, 4) is 0 Å². The average molecular weight is 305 g/mol. The number of aromatic nitrogens is 1. The van der Waals surface area contributed by atoms with Crippen LogP contribution in [0, 0.1) is 30.9 Å². The lowest BCUT2D eigenvalue weighted by Gasteiger charge is -2.14. The van der Waals surface area contributed by atoms with E-state index in [0.29, 0.717) is 6.54 Å². The second kappa shape index (κ2) is 6.32. The molecule has 0 amide bonds. The van der Waals surface area contributed by atoms with E-state index in [4.69, 9.17) is 0 Å². The normalized spacial score (nSPS) is 12.4. The van der Waals surface area contributed by atoms with Gasteiger partial charge >= 0.3 is 0 Å². The Balaban J connectivity index is 2.11. The summed E-state index contributed by atoms with van der Waals surface area (Å²) in [5.74, 6) is 0. The van der Waals surface area contributed by atoms with Crippen molar-refractivity contribution < 1.29 is 4.92 Å². The lowest BCUT2D eigenvalue weighted by atomic mass is 10.1. The van der Waals surface area contributed by atoms with Gasteiger partial charge in [0, 0.05) is 29.1 Å². The fraction of sp³-hybridized carbons (Fsp3) is 0.400. The second-order valence-corrected chi connectivity index (χ2v) is 6.34. The Labute approximate surface area is 128 Å². The van der Waals surface area contributed by atoms with Crippen molar-refractivity contribution in [1.82, 2.24) is 10.3 Å². The second-order valence-electron chi connectivity index (χ2n) is 5.10. The van der Waals surface area contributed by atoms with Crippen LogP contribution in [0.1, 0.15) is 39.7 Å². The third-order valence-electron chi connectivity index (χ3n) is 3.55. The summed E-state index contributed by atoms with van der Waals surface area (Å²) in [4.78, 5) is 16.3. The lowest BCUT2D eigenvalue weighted by molar-refractivity contribution is -0.385. The number of hydrogen-bond acceptors (Lipinski definition) is 5. The number of hydrogen-bond donors (Lipinski definition) is 1. The molecule has 6 heteroatoms. The summed E-state index contributed by atoms with van der Waals surface area (Å²) in [6.45, 7) is 8.49. The van der Waals surface area contributed by atoms with Gasteiger partial charge in [0.05, 0.1) is 15.6 Å². The minimum Gasteiger partial charge on any atom is -0.305 e. The lowest BCUT2D eigenvalue weighted by Crippen LogP contribution is -2.18. The Kier molecular flexibility index (Phi) is 4.69. The maximum Gasteiger partial charge on any atom is 0.272 e. The van der Waals surface area contributed by atoms with Crippen LogP contribution in [-0.4, -0.2) is 9.91 Å². The van der Waals surface area contributed by atoms with Crippen LogP contribution in [0.3, 0.4) is 0 Å². The summed E-state index contributed by atoms with van der Waals surface area (Å²) in [5, 5.41) is 15.4. The van der Waals surface area contributed by atoms with Gasteiger partial charge < -0.3 is 5.32 Å². The Hall–Kier alpha value is -1.79. The van der Waals surface area contributed by atoms with E-state index in [1.54, 1.807) is 30.4 Å². The summed E-state index contributed by atoms with van der Waals surface area (Å²) < 4.78 is 0. The van der Waals surface area contributed by atoms with Crippen LogP contribution in [0.4, 0.5) is 5.69 Å². The molecule has 0 spiro atoms. The molecule has 1 aromatic heterocycles. The SMILES string of the molecule is Cc1nc(C)c(C(C)NCc2cccc([N+](=O)[O-])c2C)s1. The van der Waals surface area contributed by atoms with Crippen LogP contribution < -0.4 is 5.32 Å². The van der Waals surface area contributed by atoms with E-state index in [0.717, 1.165) is 21.8 Å². The molecular weight excluding hydrogens is 286 g/mol. The molecule has 2 aromatic rings. The van der Waals surface area contributed by atoms with E-state index >= 15 is 0 Å². The van der Waals surface area contributed by atoms with E-state index in [-0.39, 0.29) is 16.7 Å². The van der Waals surface area contributed by atoms with Crippen molar-refractivity contribution in [2.24, 2.45) is 0 Å². The van der Waals surface area contributed by atoms with Gasteiger partial charge in [-0.1, -0.05) is 12.1 Å². The topological polar surface area (TPSA) is 68.1 Å². The molecule has 0 saturated heterocycles. The highest BCUT2D eigenvalue weighted by atomic mass is 32.1. The van der Waals surface area contributed by atoms with Crippen molar-refractivity contribution in [3.63, 3.8) is 0 Å². The van der Waals surface area contributed by atoms with E-state index in [9.17, 15) is 10.1 Å². The van der Waals surface area contributed by atoms with Crippen LogP contribution in [-0.2, 0) is 6.54 Å². The van der Waals surface area contributed by atoms with Gasteiger partial charge in [0.25, 0.3) is 5.69 Å². The molecule has 0 fully saturated rings. The third-order valence-corrected chi connectivity index (χ3v) is 4.80. The molecule has 5 nitrogen and oxygen atoms in total. The van der Waals surface area contributed by atoms with Gasteiger partial charge in [0.1, 0.15) is 0 Å². The Bertz CT molecular complexity index is 667. The van der Waals surface area contributed by atoms with Crippen molar-refractivity contribution in [2.75, 3.05) is 0 Å². The maximum atomic E-state index is 11.0. The third kappa shape index (κ3) is 3.46. The van der Waals surface area contributed by atoms with Crippen LogP contribution >= 0.6 is 11.3 Å². The predicted molar refractivity (Wildman–Crippen MR) is 84.7 cm³/mol. The van der Waals surface area contributed by atoms with E-state index in [1.807, 2.05) is 19.9 Å². The number of rotatable bonds is 5. The number of thiazole rings is 1. The largest absolute Gasteiger partial charge is 0.305 e. The summed E-state index contributed by atoms with van der Waals surface area (Å²) in [5.41, 5.74) is 2.90. The number of nitrogens with one attached hydrogen (secondary N) is 1. The summed E-state index contributed by atoms with van der Waals surface area (Å²) in [7, 11) is 0. The van der Waals surface area contributed by atoms with E-state index in [2.05, 4.69) is 17.2 Å². The smallest absolute Gasteiger partial charge is 0.272 e. The van der Waals surface area contributed by atoms with Gasteiger partial charge in [-0.25, -0.2) is 4.98 Å². The zero-order valence-electron chi connectivity index (χ0n) is 12.6. The highest BCUT2D eigenvalue weighted by molar-refractivity contribution is 7.11. The molecule has 1 atom stereocenters. The van der Waals surface area contributed by atoms with Crippen molar-refractivity contribution in [3.05, 3.63) is 55.0 Å². The minimum atomic E-state index is -0.334. The van der Waals surface area contributed by atoms with E-state index < -0.39 is 0 Å². The molecule has 1 N–H and O–H groups in total. The van der Waals surface area contributed by atoms with Gasteiger partial charge in [-0.15, -0.1) is 11.3 Å². The average Bonchev–Trinajstić information content (AvgIpc) is 2.76. The Morgan fingerprint density at radius 2 is 2.10 bits per heavy atom. The number of aryl methyl sites for hydroxylation is 2. The van der Waals surface area contributed by atoms with Gasteiger partial charge in [-0.05, 0) is 33.3 Å². The monoisotopic (exact) mass is 305 g/mol. The molecule has 112 valence electrons. The molecule has 0 saturated carbocycles. The fourth-order valence-electron chi connectivity index (χ4n) is 2.36. The summed E-state index contributed by atoms with van der Waals surface area (Å²) in [6.07, 6.45) is 0. The number of nitro benzene ring substituents is 1. The van der Waals surface area contributed by atoms with Gasteiger partial charge in [-0.2, -0.15) is 0 Å². The van der Waals surface area contributed by atoms with Crippen LogP contribution in [0.2, 0.25) is 0 Å². The Morgan fingerprint density at radius 3 is 2.67 bits per heavy atom. The number of nitro groups is 1. The first-order chi connectivity index (χ1) is 9.90. The van der Waals surface area contributed by atoms with E-state index in [1.165, 1.54) is 4.88 Å². The number of nitrogens with zero attached hydrogens (tertiary/aromatic N) is 2. The van der Waals surface area contributed by atoms with Crippen molar-refractivity contribution in [1.29, 1.82) is 0 Å². The molecule has 0 aliphatic heterocycles. The summed E-state index contributed by atoms with van der Waals surface area (Å²) in [6, 6.07) is 5.37. The molecule has 2 rings (SSSR count). The molecule has 1 unspecified atom stereocenters. The molecule has 0 aliphatic carbocycles. The van der Waals surface area contributed by atoms with Gasteiger partial charge in [0.2, 0.25) is 0 Å². The van der Waals surface area contributed by atoms with Gasteiger partial charge in [0.15, 0.2) is 0 Å². The van der Waals surface area contributed by atoms with Crippen molar-refractivity contribution in [2.45, 2.75) is 40.3 Å². The molecular formula is C15H19N3O2S. The highest BCUT2D eigenvalue weighted by Gasteiger charge is 2.15. The molecule has 1 heterocycles. The quantitative estimate of drug-likeness (QED) is 0.673. The maximum absolute atomic E-state index is 11.0. The minimum absolute atomic E-state index is 0.173. The predicted octanol–water partition coefficient (Wildman–Crippen LogP) is 3.83. The first kappa shape index (κ1) is 15.6. The number of benzene rings is 1. The molecule has 1 aromatic carbocycles. The zero-order valence-corrected chi connectivity index (χ0v) is 13.5. The summed E-state index contributed by atoms with van der Waals surface area (Å²) >= 11 is 1.69. The first-order valence-corrected chi connectivity index (χ1v) is 7.62. The zero-order chi connectivity index (χ0) is 15.6. The van der Waals surface area contributed by atoms with Crippen LogP contribution in [0.25, 0.3) is 0 Å². The van der Waals surface area contributed by atoms with Crippen molar-refractivity contribution >= 4 is 17.0 Å². The van der Waals surface area contributed by atoms with Crippen LogP contribution in [0.15, 0.2) is 18.2 Å². The van der Waals surface area contributed by atoms with Crippen LogP contribution in [0.5, 0.6) is 0 Å². The molecule has 0 bridgehead atoms.